The molecule has 2 N–H and O–H groups in total. The molecule has 0 radical (unpaired) electrons. The molecule has 0 fully saturated rings. The lowest BCUT2D eigenvalue weighted by atomic mass is 10.1. The molecule has 23 heavy (non-hydrogen) atoms. The molecular weight excluding hydrogens is 337 g/mol. The Balaban J connectivity index is 2.01. The van der Waals surface area contributed by atoms with E-state index in [0.29, 0.717) is 17.5 Å². The molecular formula is C12H8ClF3N6O. The van der Waals surface area contributed by atoms with E-state index < -0.39 is 16.9 Å². The fourth-order valence-electron chi connectivity index (χ4n) is 2.04. The van der Waals surface area contributed by atoms with E-state index in [4.69, 9.17) is 17.3 Å². The zero-order valence-electron chi connectivity index (χ0n) is 11.5. The van der Waals surface area contributed by atoms with Crippen molar-refractivity contribution in [3.63, 3.8) is 0 Å². The van der Waals surface area contributed by atoms with Gasteiger partial charge in [0.05, 0.1) is 5.69 Å². The molecule has 3 heterocycles. The standard InChI is InChI=1S/C12H8ClF3N6O/c1-4-5(8(17)9-11(19-4)22-23-21-9)2-7-18-3-6(10(13)20-7)12(14,15)16/h3H,2,17H2,1H3. The highest BCUT2D eigenvalue weighted by Gasteiger charge is 2.34. The average Bonchev–Trinajstić information content (AvgIpc) is 2.90. The molecule has 0 saturated heterocycles. The molecule has 3 aromatic heterocycles. The summed E-state index contributed by atoms with van der Waals surface area (Å²) in [7, 11) is 0. The molecule has 0 saturated carbocycles. The van der Waals surface area contributed by atoms with Crippen LogP contribution in [-0.4, -0.2) is 25.3 Å². The van der Waals surface area contributed by atoms with Crippen LogP contribution in [0.1, 0.15) is 22.6 Å². The number of hydrogen-bond donors (Lipinski definition) is 1. The predicted molar refractivity (Wildman–Crippen MR) is 73.6 cm³/mol. The molecule has 0 aromatic carbocycles. The third kappa shape index (κ3) is 2.77. The monoisotopic (exact) mass is 344 g/mol. The number of nitrogen functional groups attached to an aromatic ring is 1. The first-order valence-corrected chi connectivity index (χ1v) is 6.61. The third-order valence-corrected chi connectivity index (χ3v) is 3.48. The summed E-state index contributed by atoms with van der Waals surface area (Å²) in [6.45, 7) is 1.67. The molecule has 0 spiro atoms. The normalized spacial score (nSPS) is 12.0. The lowest BCUT2D eigenvalue weighted by Crippen LogP contribution is -2.11. The van der Waals surface area contributed by atoms with Crippen molar-refractivity contribution in [1.29, 1.82) is 0 Å². The van der Waals surface area contributed by atoms with Gasteiger partial charge >= 0.3 is 6.18 Å². The minimum atomic E-state index is -4.61. The fourth-order valence-corrected chi connectivity index (χ4v) is 2.30. The van der Waals surface area contributed by atoms with Crippen molar-refractivity contribution in [1.82, 2.24) is 25.3 Å². The van der Waals surface area contributed by atoms with E-state index in [-0.39, 0.29) is 29.1 Å². The Morgan fingerprint density at radius 3 is 2.65 bits per heavy atom. The van der Waals surface area contributed by atoms with Crippen molar-refractivity contribution in [3.05, 3.63) is 34.0 Å². The van der Waals surface area contributed by atoms with Gasteiger partial charge in [-0.1, -0.05) is 11.6 Å². The van der Waals surface area contributed by atoms with E-state index in [1.54, 1.807) is 6.92 Å². The molecule has 3 rings (SSSR count). The van der Waals surface area contributed by atoms with Gasteiger partial charge in [0.15, 0.2) is 5.52 Å². The zero-order valence-corrected chi connectivity index (χ0v) is 12.3. The van der Waals surface area contributed by atoms with Crippen molar-refractivity contribution in [2.75, 3.05) is 5.73 Å². The highest BCUT2D eigenvalue weighted by Crippen LogP contribution is 2.33. The Morgan fingerprint density at radius 1 is 1.26 bits per heavy atom. The summed E-state index contributed by atoms with van der Waals surface area (Å²) in [5.41, 5.74) is 6.69. The fraction of sp³-hybridized carbons (Fsp3) is 0.250. The second-order valence-corrected chi connectivity index (χ2v) is 5.05. The van der Waals surface area contributed by atoms with E-state index in [9.17, 15) is 13.2 Å². The Labute approximate surface area is 131 Å². The largest absolute Gasteiger partial charge is 0.420 e. The van der Waals surface area contributed by atoms with Crippen LogP contribution in [0.25, 0.3) is 11.2 Å². The molecule has 120 valence electrons. The van der Waals surface area contributed by atoms with E-state index >= 15 is 0 Å². The maximum atomic E-state index is 12.7. The molecule has 0 amide bonds. The van der Waals surface area contributed by atoms with Crippen molar-refractivity contribution >= 4 is 28.5 Å². The smallest absolute Gasteiger partial charge is 0.396 e. The summed E-state index contributed by atoms with van der Waals surface area (Å²) in [6, 6.07) is 0. The highest BCUT2D eigenvalue weighted by atomic mass is 35.5. The van der Waals surface area contributed by atoms with E-state index in [1.165, 1.54) is 0 Å². The summed E-state index contributed by atoms with van der Waals surface area (Å²) in [4.78, 5) is 11.5. The van der Waals surface area contributed by atoms with Crippen molar-refractivity contribution in [2.24, 2.45) is 0 Å². The van der Waals surface area contributed by atoms with Gasteiger partial charge in [0.1, 0.15) is 16.5 Å². The van der Waals surface area contributed by atoms with Gasteiger partial charge in [0, 0.05) is 23.9 Å². The number of aromatic nitrogens is 5. The number of halogens is 4. The maximum absolute atomic E-state index is 12.7. The summed E-state index contributed by atoms with van der Waals surface area (Å²) in [6.07, 6.45) is -3.93. The Hall–Kier alpha value is -2.49. The van der Waals surface area contributed by atoms with E-state index in [2.05, 4.69) is 29.9 Å². The van der Waals surface area contributed by atoms with Crippen molar-refractivity contribution in [2.45, 2.75) is 19.5 Å². The number of rotatable bonds is 2. The van der Waals surface area contributed by atoms with Crippen molar-refractivity contribution in [3.8, 4) is 0 Å². The molecule has 0 unspecified atom stereocenters. The predicted octanol–water partition coefficient (Wildman–Crippen LogP) is 2.56. The van der Waals surface area contributed by atoms with Crippen LogP contribution in [0.4, 0.5) is 18.9 Å². The van der Waals surface area contributed by atoms with Crippen molar-refractivity contribution < 1.29 is 17.8 Å². The Morgan fingerprint density at radius 2 is 2.00 bits per heavy atom. The third-order valence-electron chi connectivity index (χ3n) is 3.19. The first-order chi connectivity index (χ1) is 10.8. The molecule has 0 aliphatic heterocycles. The minimum Gasteiger partial charge on any atom is -0.396 e. The Bertz CT molecular complexity index is 894. The van der Waals surface area contributed by atoms with Gasteiger partial charge in [-0.05, 0) is 17.2 Å². The number of nitrogens with zero attached hydrogens (tertiary/aromatic N) is 5. The molecule has 7 nitrogen and oxygen atoms in total. The number of aryl methyl sites for hydroxylation is 1. The minimum absolute atomic E-state index is 0.0469. The first-order valence-electron chi connectivity index (χ1n) is 6.23. The number of alkyl halides is 3. The lowest BCUT2D eigenvalue weighted by Gasteiger charge is -2.10. The zero-order chi connectivity index (χ0) is 16.8. The number of anilines is 1. The second kappa shape index (κ2) is 5.30. The molecule has 0 atom stereocenters. The van der Waals surface area contributed by atoms with Crippen LogP contribution in [-0.2, 0) is 12.6 Å². The number of nitrogens with two attached hydrogens (primary N) is 1. The van der Waals surface area contributed by atoms with Gasteiger partial charge in [-0.25, -0.2) is 19.6 Å². The van der Waals surface area contributed by atoms with Gasteiger partial charge in [-0.2, -0.15) is 13.2 Å². The molecule has 11 heteroatoms. The van der Waals surface area contributed by atoms with Crippen LogP contribution in [0.15, 0.2) is 10.8 Å². The van der Waals surface area contributed by atoms with Gasteiger partial charge < -0.3 is 5.73 Å². The summed E-state index contributed by atoms with van der Waals surface area (Å²) in [5, 5.41) is 6.55. The van der Waals surface area contributed by atoms with Gasteiger partial charge in [-0.15, -0.1) is 0 Å². The Kier molecular flexibility index (Phi) is 3.55. The average molecular weight is 345 g/mol. The summed E-state index contributed by atoms with van der Waals surface area (Å²) in [5.74, 6) is 0.0791. The number of fused-ring (bicyclic) bond motifs is 1. The number of pyridine rings is 1. The maximum Gasteiger partial charge on any atom is 0.420 e. The van der Waals surface area contributed by atoms with Crippen LogP contribution >= 0.6 is 11.6 Å². The molecule has 3 aromatic rings. The van der Waals surface area contributed by atoms with Crippen LogP contribution in [0.3, 0.4) is 0 Å². The number of hydrogen-bond acceptors (Lipinski definition) is 7. The SMILES string of the molecule is Cc1nc2nonc2c(N)c1Cc1ncc(C(F)(F)F)c(Cl)n1. The van der Waals surface area contributed by atoms with Crippen LogP contribution in [0.2, 0.25) is 5.15 Å². The molecule has 0 aliphatic rings. The molecule has 0 bridgehead atoms. The van der Waals surface area contributed by atoms with Gasteiger partial charge in [0.25, 0.3) is 0 Å². The summed E-state index contributed by atoms with van der Waals surface area (Å²) < 4.78 is 42.5. The van der Waals surface area contributed by atoms with E-state index in [0.717, 1.165) is 0 Å². The van der Waals surface area contributed by atoms with Crippen LogP contribution < -0.4 is 5.73 Å². The first kappa shape index (κ1) is 15.4. The van der Waals surface area contributed by atoms with Crippen LogP contribution in [0, 0.1) is 6.92 Å². The van der Waals surface area contributed by atoms with Crippen LogP contribution in [0.5, 0.6) is 0 Å². The summed E-state index contributed by atoms with van der Waals surface area (Å²) >= 11 is 5.58. The highest BCUT2D eigenvalue weighted by molar-refractivity contribution is 6.30. The van der Waals surface area contributed by atoms with E-state index in [1.807, 2.05) is 0 Å². The second-order valence-electron chi connectivity index (χ2n) is 4.69. The quantitative estimate of drug-likeness (QED) is 0.712. The van der Waals surface area contributed by atoms with Gasteiger partial charge in [0.2, 0.25) is 5.65 Å². The topological polar surface area (TPSA) is 104 Å². The lowest BCUT2D eigenvalue weighted by molar-refractivity contribution is -0.138. The molecule has 0 aliphatic carbocycles. The van der Waals surface area contributed by atoms with Gasteiger partial charge in [-0.3, -0.25) is 0 Å².